The van der Waals surface area contributed by atoms with Crippen molar-refractivity contribution in [3.8, 4) is 0 Å². The number of carbonyl (C=O) groups excluding carboxylic acids is 3. The minimum absolute atomic E-state index is 0.0920. The highest BCUT2D eigenvalue weighted by molar-refractivity contribution is 5.98. The van der Waals surface area contributed by atoms with E-state index in [9.17, 15) is 14.4 Å². The molecule has 0 saturated carbocycles. The van der Waals surface area contributed by atoms with Crippen LogP contribution in [0.1, 0.15) is 31.9 Å². The molecule has 1 aliphatic rings. The number of nitrogens with zero attached hydrogens (tertiary/aromatic N) is 1. The van der Waals surface area contributed by atoms with Crippen LogP contribution in [0.5, 0.6) is 0 Å². The summed E-state index contributed by atoms with van der Waals surface area (Å²) in [4.78, 5) is 39.7. The number of nitrogens with one attached hydrogen (secondary N) is 3. The minimum Gasteiger partial charge on any atom is -0.379 e. The van der Waals surface area contributed by atoms with Gasteiger partial charge in [-0.25, -0.2) is 0 Å². The summed E-state index contributed by atoms with van der Waals surface area (Å²) in [5, 5.41) is 8.57. The van der Waals surface area contributed by atoms with Crippen LogP contribution in [0, 0.1) is 5.92 Å². The standard InChI is InChI=1S/C25H32N4O4/c1-18(2)16-22(30)28-24(19-6-4-3-5-7-19)25(32)27-21-10-8-20(9-11-21)26-23(31)17-29-12-14-33-15-13-29/h3-11,18,24H,12-17H2,1-2H3,(H,26,31)(H,27,32)(H,28,30). The first-order valence-electron chi connectivity index (χ1n) is 11.3. The van der Waals surface area contributed by atoms with E-state index in [1.807, 2.05) is 49.1 Å². The maximum absolute atomic E-state index is 13.0. The highest BCUT2D eigenvalue weighted by Gasteiger charge is 2.23. The van der Waals surface area contributed by atoms with Gasteiger partial charge in [-0.05, 0) is 35.7 Å². The van der Waals surface area contributed by atoms with Gasteiger partial charge in [-0.15, -0.1) is 0 Å². The van der Waals surface area contributed by atoms with Crippen molar-refractivity contribution in [3.63, 3.8) is 0 Å². The number of anilines is 2. The average Bonchev–Trinajstić information content (AvgIpc) is 2.79. The van der Waals surface area contributed by atoms with Crippen molar-refractivity contribution < 1.29 is 19.1 Å². The zero-order valence-corrected chi connectivity index (χ0v) is 19.2. The Kier molecular flexibility index (Phi) is 8.97. The molecule has 1 atom stereocenters. The fourth-order valence-corrected chi connectivity index (χ4v) is 3.55. The Morgan fingerprint density at radius 3 is 2.09 bits per heavy atom. The molecule has 8 heteroatoms. The van der Waals surface area contributed by atoms with E-state index in [1.165, 1.54) is 0 Å². The second-order valence-corrected chi connectivity index (χ2v) is 8.51. The summed E-state index contributed by atoms with van der Waals surface area (Å²) in [7, 11) is 0. The number of hydrogen-bond donors (Lipinski definition) is 3. The van der Waals surface area contributed by atoms with Crippen molar-refractivity contribution in [2.75, 3.05) is 43.5 Å². The number of ether oxygens (including phenoxy) is 1. The van der Waals surface area contributed by atoms with E-state index in [0.717, 1.165) is 13.1 Å². The van der Waals surface area contributed by atoms with Gasteiger partial charge in [0, 0.05) is 30.9 Å². The maximum atomic E-state index is 13.0. The molecule has 0 aromatic heterocycles. The number of amides is 3. The third kappa shape index (κ3) is 8.00. The summed E-state index contributed by atoms with van der Waals surface area (Å²) in [5.41, 5.74) is 1.93. The van der Waals surface area contributed by atoms with Crippen LogP contribution in [0.15, 0.2) is 54.6 Å². The van der Waals surface area contributed by atoms with Gasteiger partial charge in [-0.3, -0.25) is 19.3 Å². The van der Waals surface area contributed by atoms with Gasteiger partial charge in [0.1, 0.15) is 6.04 Å². The molecule has 1 unspecified atom stereocenters. The monoisotopic (exact) mass is 452 g/mol. The summed E-state index contributed by atoms with van der Waals surface area (Å²) in [6.07, 6.45) is 0.343. The molecule has 1 aliphatic heterocycles. The van der Waals surface area contributed by atoms with Gasteiger partial charge in [0.05, 0.1) is 19.8 Å². The van der Waals surface area contributed by atoms with Crippen LogP contribution in [-0.2, 0) is 19.1 Å². The largest absolute Gasteiger partial charge is 0.379 e. The highest BCUT2D eigenvalue weighted by Crippen LogP contribution is 2.19. The van der Waals surface area contributed by atoms with Crippen LogP contribution in [-0.4, -0.2) is 55.5 Å². The van der Waals surface area contributed by atoms with E-state index in [-0.39, 0.29) is 23.6 Å². The summed E-state index contributed by atoms with van der Waals surface area (Å²) >= 11 is 0. The van der Waals surface area contributed by atoms with Gasteiger partial charge >= 0.3 is 0 Å². The summed E-state index contributed by atoms with van der Waals surface area (Å²) in [6, 6.07) is 15.3. The van der Waals surface area contributed by atoms with Crippen LogP contribution in [0.4, 0.5) is 11.4 Å². The smallest absolute Gasteiger partial charge is 0.251 e. The lowest BCUT2D eigenvalue weighted by Crippen LogP contribution is -2.41. The second-order valence-electron chi connectivity index (χ2n) is 8.51. The molecule has 33 heavy (non-hydrogen) atoms. The van der Waals surface area contributed by atoms with Crippen molar-refractivity contribution in [3.05, 3.63) is 60.2 Å². The highest BCUT2D eigenvalue weighted by atomic mass is 16.5. The molecule has 176 valence electrons. The first kappa shape index (κ1) is 24.4. The normalized spacial score (nSPS) is 15.0. The molecule has 0 radical (unpaired) electrons. The predicted octanol–water partition coefficient (Wildman–Crippen LogP) is 2.80. The minimum atomic E-state index is -0.801. The van der Waals surface area contributed by atoms with Crippen LogP contribution in [0.2, 0.25) is 0 Å². The van der Waals surface area contributed by atoms with Crippen LogP contribution in [0.3, 0.4) is 0 Å². The average molecular weight is 453 g/mol. The molecular formula is C25H32N4O4. The van der Waals surface area contributed by atoms with E-state index in [1.54, 1.807) is 24.3 Å². The Morgan fingerprint density at radius 2 is 1.48 bits per heavy atom. The summed E-state index contributed by atoms with van der Waals surface area (Å²) in [6.45, 7) is 7.00. The maximum Gasteiger partial charge on any atom is 0.251 e. The predicted molar refractivity (Wildman–Crippen MR) is 128 cm³/mol. The molecular weight excluding hydrogens is 420 g/mol. The molecule has 1 heterocycles. The van der Waals surface area contributed by atoms with Gasteiger partial charge in [-0.1, -0.05) is 44.2 Å². The third-order valence-corrected chi connectivity index (χ3v) is 5.20. The zero-order chi connectivity index (χ0) is 23.6. The van der Waals surface area contributed by atoms with E-state index in [2.05, 4.69) is 16.0 Å². The van der Waals surface area contributed by atoms with Crippen LogP contribution >= 0.6 is 0 Å². The first-order chi connectivity index (χ1) is 15.9. The molecule has 8 nitrogen and oxygen atoms in total. The van der Waals surface area contributed by atoms with E-state index in [0.29, 0.717) is 43.1 Å². The zero-order valence-electron chi connectivity index (χ0n) is 19.2. The lowest BCUT2D eigenvalue weighted by molar-refractivity contribution is -0.127. The third-order valence-electron chi connectivity index (χ3n) is 5.20. The molecule has 0 aliphatic carbocycles. The van der Waals surface area contributed by atoms with Gasteiger partial charge < -0.3 is 20.7 Å². The molecule has 2 aromatic carbocycles. The van der Waals surface area contributed by atoms with Crippen molar-refractivity contribution in [2.24, 2.45) is 5.92 Å². The number of hydrogen-bond acceptors (Lipinski definition) is 5. The van der Waals surface area contributed by atoms with Gasteiger partial charge in [0.15, 0.2) is 0 Å². The van der Waals surface area contributed by atoms with Crippen molar-refractivity contribution in [2.45, 2.75) is 26.3 Å². The second kappa shape index (κ2) is 12.1. The van der Waals surface area contributed by atoms with E-state index in [4.69, 9.17) is 4.74 Å². The molecule has 3 rings (SSSR count). The summed E-state index contributed by atoms with van der Waals surface area (Å²) < 4.78 is 5.30. The Balaban J connectivity index is 1.59. The lowest BCUT2D eigenvalue weighted by atomic mass is 10.0. The molecule has 2 aromatic rings. The van der Waals surface area contributed by atoms with Crippen molar-refractivity contribution in [1.82, 2.24) is 10.2 Å². The molecule has 1 fully saturated rings. The van der Waals surface area contributed by atoms with Crippen LogP contribution in [0.25, 0.3) is 0 Å². The topological polar surface area (TPSA) is 99.8 Å². The number of morpholine rings is 1. The van der Waals surface area contributed by atoms with Crippen molar-refractivity contribution in [1.29, 1.82) is 0 Å². The van der Waals surface area contributed by atoms with Crippen LogP contribution < -0.4 is 16.0 Å². The Labute approximate surface area is 194 Å². The fraction of sp³-hybridized carbons (Fsp3) is 0.400. The molecule has 3 N–H and O–H groups in total. The van der Waals surface area contributed by atoms with E-state index < -0.39 is 6.04 Å². The molecule has 0 spiro atoms. The summed E-state index contributed by atoms with van der Waals surface area (Å²) in [5.74, 6) is -0.407. The van der Waals surface area contributed by atoms with Crippen molar-refractivity contribution >= 4 is 29.1 Å². The number of benzene rings is 2. The number of rotatable bonds is 9. The molecule has 3 amide bonds. The molecule has 1 saturated heterocycles. The first-order valence-corrected chi connectivity index (χ1v) is 11.3. The quantitative estimate of drug-likeness (QED) is 0.543. The Bertz CT molecular complexity index is 925. The van der Waals surface area contributed by atoms with Gasteiger partial charge in [-0.2, -0.15) is 0 Å². The lowest BCUT2D eigenvalue weighted by Gasteiger charge is -2.25. The van der Waals surface area contributed by atoms with Gasteiger partial charge in [0.2, 0.25) is 11.8 Å². The Morgan fingerprint density at radius 1 is 0.879 bits per heavy atom. The Hall–Kier alpha value is -3.23. The number of carbonyl (C=O) groups is 3. The fourth-order valence-electron chi connectivity index (χ4n) is 3.55. The van der Waals surface area contributed by atoms with E-state index >= 15 is 0 Å². The SMILES string of the molecule is CC(C)CC(=O)NC(C(=O)Nc1ccc(NC(=O)CN2CCOCC2)cc1)c1ccccc1. The van der Waals surface area contributed by atoms with Gasteiger partial charge in [0.25, 0.3) is 5.91 Å². The molecule has 0 bridgehead atoms.